The molecule has 0 spiro atoms. The Bertz CT molecular complexity index is 1190. The minimum absolute atomic E-state index is 0.0281. The summed E-state index contributed by atoms with van der Waals surface area (Å²) in [6.45, 7) is 1.71. The quantitative estimate of drug-likeness (QED) is 0.345. The van der Waals surface area contributed by atoms with Crippen LogP contribution in [0.4, 0.5) is 10.2 Å². The first kappa shape index (κ1) is 23.3. The zero-order valence-corrected chi connectivity index (χ0v) is 19.8. The van der Waals surface area contributed by atoms with Crippen LogP contribution in [0.1, 0.15) is 43.9 Å². The van der Waals surface area contributed by atoms with Crippen molar-refractivity contribution < 1.29 is 18.6 Å². The number of nitrogens with two attached hydrogens (primary N) is 1. The molecule has 4 rings (SSSR count). The third-order valence-electron chi connectivity index (χ3n) is 6.07. The van der Waals surface area contributed by atoms with E-state index in [1.807, 2.05) is 17.1 Å². The van der Waals surface area contributed by atoms with E-state index in [2.05, 4.69) is 15.4 Å². The number of pyridine rings is 1. The Morgan fingerprint density at radius 2 is 2.15 bits per heavy atom. The van der Waals surface area contributed by atoms with Gasteiger partial charge in [0.15, 0.2) is 17.6 Å². The van der Waals surface area contributed by atoms with E-state index in [-0.39, 0.29) is 28.7 Å². The number of rotatable bonds is 6. The van der Waals surface area contributed by atoms with Crippen LogP contribution < -0.4 is 20.5 Å². The summed E-state index contributed by atoms with van der Waals surface area (Å²) in [6, 6.07) is 4.64. The second-order valence-electron chi connectivity index (χ2n) is 8.17. The van der Waals surface area contributed by atoms with Gasteiger partial charge in [-0.3, -0.25) is 4.79 Å². The summed E-state index contributed by atoms with van der Waals surface area (Å²) in [5, 5.41) is 6.20. The number of anilines is 1. The molecule has 174 valence electrons. The molecule has 33 heavy (non-hydrogen) atoms. The molecule has 3 atom stereocenters. The minimum Gasteiger partial charge on any atom is -0.482 e. The van der Waals surface area contributed by atoms with Crippen LogP contribution >= 0.6 is 23.2 Å². The third-order valence-corrected chi connectivity index (χ3v) is 6.78. The van der Waals surface area contributed by atoms with Gasteiger partial charge >= 0.3 is 0 Å². The molecule has 10 heteroatoms. The Morgan fingerprint density at radius 1 is 1.36 bits per heavy atom. The van der Waals surface area contributed by atoms with Crippen molar-refractivity contribution in [2.24, 2.45) is 5.92 Å². The average Bonchev–Trinajstić information content (AvgIpc) is 3.47. The molecule has 1 aliphatic carbocycles. The number of carbonyl (C=O) groups excluding carboxylic acids is 1. The average molecular weight is 493 g/mol. The first-order chi connectivity index (χ1) is 15.8. The summed E-state index contributed by atoms with van der Waals surface area (Å²) in [4.78, 5) is 16.2. The molecule has 3 aromatic rings. The number of aromatic amines is 1. The minimum atomic E-state index is -0.656. The second kappa shape index (κ2) is 9.57. The third kappa shape index (κ3) is 4.77. The highest BCUT2D eigenvalue weighted by molar-refractivity contribution is 6.36. The van der Waals surface area contributed by atoms with Crippen LogP contribution in [0.2, 0.25) is 10.0 Å². The molecule has 0 aliphatic heterocycles. The van der Waals surface area contributed by atoms with Crippen LogP contribution in [-0.2, 0) is 4.79 Å². The van der Waals surface area contributed by atoms with Gasteiger partial charge in [0.2, 0.25) is 12.1 Å². The van der Waals surface area contributed by atoms with Gasteiger partial charge in [-0.15, -0.1) is 4.68 Å². The second-order valence-corrected chi connectivity index (χ2v) is 8.95. The van der Waals surface area contributed by atoms with Gasteiger partial charge in [-0.05, 0) is 31.5 Å². The van der Waals surface area contributed by atoms with Crippen molar-refractivity contribution in [2.45, 2.75) is 38.3 Å². The number of amides is 1. The summed E-state index contributed by atoms with van der Waals surface area (Å²) in [5.41, 5.74) is 8.06. The van der Waals surface area contributed by atoms with Gasteiger partial charge in [0.05, 0.1) is 16.8 Å². The van der Waals surface area contributed by atoms with Gasteiger partial charge in [0.1, 0.15) is 11.9 Å². The fraction of sp³-hybridized carbons (Fsp3) is 0.348. The molecule has 0 bridgehead atoms. The predicted octanol–water partition coefficient (Wildman–Crippen LogP) is 4.62. The molecule has 0 radical (unpaired) electrons. The lowest BCUT2D eigenvalue weighted by Gasteiger charge is -2.19. The molecule has 1 fully saturated rings. The Kier molecular flexibility index (Phi) is 6.76. The maximum absolute atomic E-state index is 13.9. The molecule has 1 amide bonds. The van der Waals surface area contributed by atoms with Gasteiger partial charge in [-0.25, -0.2) is 9.37 Å². The highest BCUT2D eigenvalue weighted by Gasteiger charge is 2.36. The summed E-state index contributed by atoms with van der Waals surface area (Å²) < 4.78 is 21.9. The van der Waals surface area contributed by atoms with Crippen molar-refractivity contribution in [3.05, 3.63) is 58.2 Å². The Hall–Kier alpha value is -2.84. The molecule has 0 saturated heterocycles. The van der Waals surface area contributed by atoms with E-state index in [1.54, 1.807) is 26.2 Å². The molecular formula is C23H25Cl2FN5O2+. The number of nitrogens with one attached hydrogen (secondary N) is 2. The van der Waals surface area contributed by atoms with Crippen LogP contribution in [0, 0.1) is 11.7 Å². The summed E-state index contributed by atoms with van der Waals surface area (Å²) in [7, 11) is 1.67. The molecule has 1 aliphatic rings. The lowest BCUT2D eigenvalue weighted by Crippen LogP contribution is -2.39. The van der Waals surface area contributed by atoms with Crippen LogP contribution in [0.15, 0.2) is 36.8 Å². The van der Waals surface area contributed by atoms with Gasteiger partial charge in [0, 0.05) is 48.2 Å². The number of carbonyl (C=O) groups is 1. The number of hydrogen-bond acceptors (Lipinski definition) is 4. The van der Waals surface area contributed by atoms with E-state index in [4.69, 9.17) is 33.7 Å². The van der Waals surface area contributed by atoms with Crippen molar-refractivity contribution in [3.63, 3.8) is 0 Å². The molecule has 7 nitrogen and oxygen atoms in total. The normalized spacial score (nSPS) is 18.8. The summed E-state index contributed by atoms with van der Waals surface area (Å²) in [5.74, 6) is 0.0720. The number of nitrogen functional groups attached to an aromatic ring is 1. The zero-order chi connectivity index (χ0) is 23.7. The first-order valence-electron chi connectivity index (χ1n) is 10.7. The number of halogens is 3. The molecule has 3 unspecified atom stereocenters. The maximum atomic E-state index is 13.9. The SMILES string of the molecule is CNC(=O)C1CCC([n+]2cc(-c3cnc(N)c(OC(C)c4c(Cl)ccc(F)c4Cl)c3)c[nH]2)C1. The number of nitrogens with zero attached hydrogens (tertiary/aromatic N) is 2. The zero-order valence-electron chi connectivity index (χ0n) is 18.2. The van der Waals surface area contributed by atoms with Crippen LogP contribution in [-0.4, -0.2) is 23.0 Å². The van der Waals surface area contributed by atoms with Crippen LogP contribution in [0.5, 0.6) is 5.75 Å². The number of benzene rings is 1. The van der Waals surface area contributed by atoms with Crippen LogP contribution in [0.3, 0.4) is 0 Å². The van der Waals surface area contributed by atoms with E-state index in [9.17, 15) is 9.18 Å². The van der Waals surface area contributed by atoms with E-state index in [0.29, 0.717) is 16.3 Å². The highest BCUT2D eigenvalue weighted by Crippen LogP contribution is 2.37. The van der Waals surface area contributed by atoms with Gasteiger partial charge < -0.3 is 15.8 Å². The number of ether oxygens (including phenoxy) is 1. The van der Waals surface area contributed by atoms with Crippen LogP contribution in [0.25, 0.3) is 11.1 Å². The highest BCUT2D eigenvalue weighted by atomic mass is 35.5. The Morgan fingerprint density at radius 3 is 2.91 bits per heavy atom. The molecule has 1 aromatic carbocycles. The molecule has 1 saturated carbocycles. The summed E-state index contributed by atoms with van der Waals surface area (Å²) >= 11 is 12.3. The van der Waals surface area contributed by atoms with Gasteiger partial charge in [0.25, 0.3) is 0 Å². The Labute approximate surface area is 201 Å². The maximum Gasteiger partial charge on any atom is 0.223 e. The van der Waals surface area contributed by atoms with E-state index in [0.717, 1.165) is 30.4 Å². The fourth-order valence-electron chi connectivity index (χ4n) is 4.26. The van der Waals surface area contributed by atoms with Gasteiger partial charge in [-0.1, -0.05) is 23.2 Å². The monoisotopic (exact) mass is 492 g/mol. The largest absolute Gasteiger partial charge is 0.482 e. The van der Waals surface area contributed by atoms with Crippen molar-refractivity contribution in [1.82, 2.24) is 15.4 Å². The van der Waals surface area contributed by atoms with Crippen molar-refractivity contribution >= 4 is 34.9 Å². The standard InChI is InChI=1S/C23H24Cl2FN5O2/c1-12(20-17(24)5-6-18(26)21(20)25)33-19-8-14(9-29-22(19)27)15-10-30-31(11-15)16-4-3-13(7-16)23(32)28-2/h5-6,8-13,16H,3-4,7H2,1-2H3,(H3,27,28,29,32)/p+1. The van der Waals surface area contributed by atoms with E-state index in [1.165, 1.54) is 12.1 Å². The molecular weight excluding hydrogens is 468 g/mol. The summed E-state index contributed by atoms with van der Waals surface area (Å²) in [6.07, 6.45) is 7.41. The number of aromatic nitrogens is 3. The van der Waals surface area contributed by atoms with Crippen molar-refractivity contribution in [1.29, 1.82) is 0 Å². The first-order valence-corrected chi connectivity index (χ1v) is 11.4. The van der Waals surface area contributed by atoms with Gasteiger partial charge in [-0.2, -0.15) is 5.10 Å². The fourth-order valence-corrected chi connectivity index (χ4v) is 4.94. The Balaban J connectivity index is 1.54. The lowest BCUT2D eigenvalue weighted by molar-refractivity contribution is -0.772. The van der Waals surface area contributed by atoms with E-state index >= 15 is 0 Å². The topological polar surface area (TPSA) is 96.9 Å². The van der Waals surface area contributed by atoms with E-state index < -0.39 is 11.9 Å². The predicted molar refractivity (Wildman–Crippen MR) is 125 cm³/mol. The lowest BCUT2D eigenvalue weighted by atomic mass is 10.1. The van der Waals surface area contributed by atoms with Crippen molar-refractivity contribution in [2.75, 3.05) is 12.8 Å². The molecule has 2 aromatic heterocycles. The smallest absolute Gasteiger partial charge is 0.223 e. The molecule has 2 heterocycles. The number of hydrogen-bond donors (Lipinski definition) is 3. The molecule has 4 N–H and O–H groups in total. The number of H-pyrrole nitrogens is 1. The van der Waals surface area contributed by atoms with Crippen molar-refractivity contribution in [3.8, 4) is 16.9 Å².